The van der Waals surface area contributed by atoms with E-state index in [0.29, 0.717) is 74.2 Å². The summed E-state index contributed by atoms with van der Waals surface area (Å²) in [5, 5.41) is 7.15. The van der Waals surface area contributed by atoms with Crippen molar-refractivity contribution in [3.63, 3.8) is 0 Å². The lowest BCUT2D eigenvalue weighted by Gasteiger charge is -2.36. The molecule has 1 aliphatic carbocycles. The Hall–Kier alpha value is -5.35. The fraction of sp³-hybridized carbons (Fsp3) is 0.600. The van der Waals surface area contributed by atoms with Gasteiger partial charge in [-0.25, -0.2) is 4.39 Å². The zero-order valence-corrected chi connectivity index (χ0v) is 83.4. The van der Waals surface area contributed by atoms with Crippen LogP contribution in [0.4, 0.5) is 4.39 Å². The normalized spacial score (nSPS) is 18.0. The zero-order valence-electron chi connectivity index (χ0n) is 78.9. The Kier molecular flexibility index (Phi) is 49.0. The van der Waals surface area contributed by atoms with Gasteiger partial charge in [-0.05, 0) is 217 Å². The molecule has 6 atom stereocenters. The van der Waals surface area contributed by atoms with Gasteiger partial charge in [0.05, 0.1) is 40.5 Å². The van der Waals surface area contributed by atoms with Crippen molar-refractivity contribution in [2.75, 3.05) is 139 Å². The smallest absolute Gasteiger partial charge is 0.144 e. The molecule has 0 amide bonds. The summed E-state index contributed by atoms with van der Waals surface area (Å²) in [5.74, 6) is 0.856. The van der Waals surface area contributed by atoms with Gasteiger partial charge in [0.2, 0.25) is 0 Å². The third kappa shape index (κ3) is 37.2. The monoisotopic (exact) mass is 1870 g/mol. The fourth-order valence-electron chi connectivity index (χ4n) is 17.7. The van der Waals surface area contributed by atoms with Crippen LogP contribution in [0.3, 0.4) is 0 Å². The van der Waals surface area contributed by atoms with Crippen LogP contribution >= 0.6 is 69.6 Å². The van der Waals surface area contributed by atoms with E-state index < -0.39 is 5.82 Å². The number of hydrogen-bond donors (Lipinski definition) is 1. The number of likely N-dealkylation sites (N-methyl/N-ethyl adjacent to an activating group) is 3. The van der Waals surface area contributed by atoms with Crippen LogP contribution in [0.1, 0.15) is 249 Å². The highest BCUT2D eigenvalue weighted by molar-refractivity contribution is 6.32. The maximum absolute atomic E-state index is 13.7. The molecule has 6 aromatic carbocycles. The number of nitrogens with one attached hydrogen (secondary N) is 1. The summed E-state index contributed by atoms with van der Waals surface area (Å²) in [6.45, 7) is 43.3. The summed E-state index contributed by atoms with van der Waals surface area (Å²) >= 11 is 35.6. The Morgan fingerprint density at radius 2 is 0.661 bits per heavy atom. The van der Waals surface area contributed by atoms with E-state index in [1.807, 2.05) is 204 Å². The second-order valence-corrected chi connectivity index (χ2v) is 40.1. The number of carbonyl (C=O) groups is 6. The van der Waals surface area contributed by atoms with E-state index in [1.54, 1.807) is 6.07 Å². The molecular weight excluding hydrogens is 1720 g/mol. The van der Waals surface area contributed by atoms with Crippen molar-refractivity contribution in [1.29, 1.82) is 0 Å². The van der Waals surface area contributed by atoms with Crippen molar-refractivity contribution >= 4 is 104 Å². The Bertz CT molecular complexity index is 4110. The van der Waals surface area contributed by atoms with E-state index in [-0.39, 0.29) is 81.8 Å². The molecule has 6 aliphatic rings. The van der Waals surface area contributed by atoms with Crippen LogP contribution in [0, 0.1) is 41.3 Å². The van der Waals surface area contributed by atoms with Gasteiger partial charge in [0.1, 0.15) is 40.5 Å². The average molecular weight is 1870 g/mol. The first-order valence-corrected chi connectivity index (χ1v) is 49.5. The lowest BCUT2D eigenvalue weighted by molar-refractivity contribution is -0.124. The van der Waals surface area contributed by atoms with Gasteiger partial charge in [-0.2, -0.15) is 0 Å². The number of ether oxygens (including phenoxy) is 2. The van der Waals surface area contributed by atoms with E-state index in [0.717, 1.165) is 194 Å². The Morgan fingerprint density at radius 3 is 0.984 bits per heavy atom. The SMILES string of the molecule is CC(C)C(=O)[C@@H](CN1CCCCC1)c1ccc(Cl)cc1.CC(C)C(=O)[C@@H](CN1CCN(C)CC1)c1ccc(Cl)cc1.CC(C)C(=O)[C@H](CN(C)C1CCOCC1)c1ccc(Cl)cc1.CC(C)C(=O)[C@H](CN1CCCCC1)c1ccc(Cl)cc1.CC(C)C(=O)[C@H](CNC1CCCC1)c1ccc(Cl)c(F)c1.CCN(C[C@@H](C(=O)C(C)C)c1ccc(Cl)cc1)C1CCOCC1. The third-order valence-corrected chi connectivity index (χ3v) is 27.3. The van der Waals surface area contributed by atoms with Crippen molar-refractivity contribution in [3.8, 4) is 0 Å². The number of piperidine rings is 2. The van der Waals surface area contributed by atoms with Gasteiger partial charge >= 0.3 is 0 Å². The largest absolute Gasteiger partial charge is 0.381 e. The first-order valence-electron chi connectivity index (χ1n) is 47.3. The first-order chi connectivity index (χ1) is 60.6. The summed E-state index contributed by atoms with van der Waals surface area (Å²) in [5.41, 5.74) is 6.11. The van der Waals surface area contributed by atoms with Crippen LogP contribution in [-0.4, -0.2) is 221 Å². The molecule has 0 bridgehead atoms. The molecular formula is C105H150Cl6FN7O8. The van der Waals surface area contributed by atoms with Crippen molar-refractivity contribution < 1.29 is 42.6 Å². The lowest BCUT2D eigenvalue weighted by Crippen LogP contribution is -2.46. The maximum Gasteiger partial charge on any atom is 0.144 e. The topological polar surface area (TPSA) is 152 Å². The molecule has 1 N–H and O–H groups in total. The van der Waals surface area contributed by atoms with Gasteiger partial charge in [0, 0.05) is 171 Å². The number of rotatable bonds is 34. The minimum atomic E-state index is -0.461. The molecule has 5 heterocycles. The van der Waals surface area contributed by atoms with Crippen molar-refractivity contribution in [2.45, 2.75) is 234 Å². The van der Waals surface area contributed by atoms with Gasteiger partial charge in [-0.1, -0.05) is 252 Å². The van der Waals surface area contributed by atoms with Crippen molar-refractivity contribution in [3.05, 3.63) is 209 Å². The highest BCUT2D eigenvalue weighted by Crippen LogP contribution is 2.34. The molecule has 6 aromatic rings. The number of Topliss-reactive ketones (excluding diaryl/α,β-unsaturated/α-hetero) is 6. The summed E-state index contributed by atoms with van der Waals surface area (Å²) in [7, 11) is 4.26. The number of ketones is 6. The highest BCUT2D eigenvalue weighted by Gasteiger charge is 2.35. The second kappa shape index (κ2) is 57.3. The maximum atomic E-state index is 13.7. The molecule has 12 rings (SSSR count). The van der Waals surface area contributed by atoms with E-state index in [9.17, 15) is 33.2 Å². The average Bonchev–Trinajstić information content (AvgIpc) is 1.72. The van der Waals surface area contributed by atoms with Crippen LogP contribution in [0.5, 0.6) is 0 Å². The molecule has 5 saturated heterocycles. The Balaban J connectivity index is 0.000000209. The highest BCUT2D eigenvalue weighted by atomic mass is 35.5. The summed E-state index contributed by atoms with van der Waals surface area (Å²) < 4.78 is 24.6. The molecule has 127 heavy (non-hydrogen) atoms. The van der Waals surface area contributed by atoms with Crippen molar-refractivity contribution in [2.24, 2.45) is 35.5 Å². The molecule has 0 aromatic heterocycles. The minimum absolute atomic E-state index is 0.0228. The fourth-order valence-corrected chi connectivity index (χ4v) is 18.4. The van der Waals surface area contributed by atoms with E-state index in [2.05, 4.69) is 55.7 Å². The summed E-state index contributed by atoms with van der Waals surface area (Å²) in [6, 6.07) is 44.9. The number of halogens is 7. The standard InChI is InChI=1S/C19H28ClNO2.C18H26ClNO2.C17H23ClFNO.C17H25ClN2O.2C17H24ClNO/c1-4-21(17-9-11-23-12-10-17)13-18(19(22)14(2)3)15-5-7-16(20)8-6-15;1-13(2)18(21)17(14-4-6-15(19)7-5-14)12-20(3)16-8-10-22-11-9-16;1-11(2)17(21)14(10-20-13-5-3-4-6-13)12-7-8-15(18)16(19)9-12;1-13(2)17(21)16(14-4-6-15(18)7-5-14)12-20-10-8-19(3)9-11-20;2*1-13(2)17(20)16(12-19-10-4-3-5-11-19)14-6-8-15(18)9-7-14/h5-8,14,17-18H,4,9-13H2,1-3H3;4-7,13,16-17H,8-12H2,1-3H3;7-9,11,13-14,20H,3-6,10H2,1-2H3;4-7,13,16H,8-12H2,1-3H3;2*6-9,13,16H,3-5,10-12H2,1-2H3/t18-;17-;14-;3*16-/m111010/s1. The minimum Gasteiger partial charge on any atom is -0.381 e. The third-order valence-electron chi connectivity index (χ3n) is 25.8. The predicted octanol–water partition coefficient (Wildman–Crippen LogP) is 23.4. The van der Waals surface area contributed by atoms with Gasteiger partial charge in [0.15, 0.2) is 0 Å². The van der Waals surface area contributed by atoms with Crippen LogP contribution in [0.25, 0.3) is 0 Å². The molecule has 0 spiro atoms. The van der Waals surface area contributed by atoms with Crippen LogP contribution in [0.2, 0.25) is 30.1 Å². The predicted molar refractivity (Wildman–Crippen MR) is 527 cm³/mol. The molecule has 22 heteroatoms. The summed E-state index contributed by atoms with van der Waals surface area (Å²) in [6.07, 6.45) is 16.7. The molecule has 15 nitrogen and oxygen atoms in total. The number of likely N-dealkylation sites (tertiary alicyclic amines) is 2. The number of hydrogen-bond acceptors (Lipinski definition) is 15. The summed E-state index contributed by atoms with van der Waals surface area (Å²) in [4.78, 5) is 89.9. The number of piperazine rings is 1. The first kappa shape index (κ1) is 109. The van der Waals surface area contributed by atoms with Crippen LogP contribution in [0.15, 0.2) is 140 Å². The number of carbonyl (C=O) groups excluding carboxylic acids is 6. The van der Waals surface area contributed by atoms with Gasteiger partial charge in [0.25, 0.3) is 0 Å². The Labute approximate surface area is 792 Å². The quantitative estimate of drug-likeness (QED) is 0.0407. The van der Waals surface area contributed by atoms with Crippen molar-refractivity contribution in [1.82, 2.24) is 34.7 Å². The number of nitrogens with zero attached hydrogens (tertiary/aromatic N) is 6. The zero-order chi connectivity index (χ0) is 92.8. The van der Waals surface area contributed by atoms with E-state index >= 15 is 0 Å². The van der Waals surface area contributed by atoms with Gasteiger partial charge in [-0.3, -0.25) is 38.6 Å². The van der Waals surface area contributed by atoms with Crippen LogP contribution in [-0.2, 0) is 38.2 Å². The molecule has 6 fully saturated rings. The van der Waals surface area contributed by atoms with Gasteiger partial charge in [-0.15, -0.1) is 0 Å². The van der Waals surface area contributed by atoms with E-state index in [1.165, 1.54) is 63.5 Å². The molecule has 702 valence electrons. The second-order valence-electron chi connectivity index (χ2n) is 37.5. The Morgan fingerprint density at radius 1 is 0.370 bits per heavy atom. The number of benzene rings is 6. The molecule has 5 aliphatic heterocycles. The molecule has 0 radical (unpaired) electrons. The molecule has 1 saturated carbocycles. The lowest BCUT2D eigenvalue weighted by atomic mass is 9.87. The van der Waals surface area contributed by atoms with Gasteiger partial charge < -0.3 is 34.4 Å². The van der Waals surface area contributed by atoms with E-state index in [4.69, 9.17) is 79.1 Å². The molecule has 0 unspecified atom stereocenters. The van der Waals surface area contributed by atoms with Crippen LogP contribution < -0.4 is 5.32 Å².